The maximum absolute atomic E-state index is 12.1. The van der Waals surface area contributed by atoms with Crippen LogP contribution in [0.1, 0.15) is 36.1 Å². The van der Waals surface area contributed by atoms with Crippen LogP contribution in [0.15, 0.2) is 47.4 Å². The highest BCUT2D eigenvalue weighted by atomic mass is 32.1. The van der Waals surface area contributed by atoms with Crippen molar-refractivity contribution in [1.82, 2.24) is 4.90 Å². The van der Waals surface area contributed by atoms with Gasteiger partial charge in [0.2, 0.25) is 0 Å². The fraction of sp³-hybridized carbons (Fsp3) is 0.455. The molecule has 0 bridgehead atoms. The van der Waals surface area contributed by atoms with Gasteiger partial charge >= 0.3 is 0 Å². The molecule has 0 saturated heterocycles. The van der Waals surface area contributed by atoms with Gasteiger partial charge in [-0.15, -0.1) is 11.3 Å². The molecule has 1 N–H and O–H groups in total. The number of methoxy groups -OCH3 is 1. The normalized spacial score (nSPS) is 25.4. The number of aliphatic hydroxyl groups is 1. The van der Waals surface area contributed by atoms with Gasteiger partial charge in [0.1, 0.15) is 11.4 Å². The van der Waals surface area contributed by atoms with Crippen LogP contribution in [0.25, 0.3) is 6.08 Å². The largest absolute Gasteiger partial charge is 0.497 e. The first-order valence-electron chi connectivity index (χ1n) is 9.30. The molecule has 1 aliphatic rings. The Morgan fingerprint density at radius 1 is 1.27 bits per heavy atom. The van der Waals surface area contributed by atoms with E-state index >= 15 is 0 Å². The first-order chi connectivity index (χ1) is 12.5. The molecular formula is C22H29NO2S. The minimum absolute atomic E-state index is 0.190. The van der Waals surface area contributed by atoms with Gasteiger partial charge in [-0.25, -0.2) is 0 Å². The van der Waals surface area contributed by atoms with Crippen molar-refractivity contribution >= 4 is 17.4 Å². The number of rotatable bonds is 5. The SMILES string of the molecule is COc1cccc(C=C2CCCCC(CN(C)C)C2(O)c2cccs2)c1. The summed E-state index contributed by atoms with van der Waals surface area (Å²) in [6.45, 7) is 0.879. The van der Waals surface area contributed by atoms with Crippen LogP contribution in [-0.2, 0) is 5.60 Å². The summed E-state index contributed by atoms with van der Waals surface area (Å²) in [6.07, 6.45) is 6.42. The van der Waals surface area contributed by atoms with E-state index in [0.717, 1.165) is 54.0 Å². The second-order valence-corrected chi connectivity index (χ2v) is 8.34. The van der Waals surface area contributed by atoms with Crippen molar-refractivity contribution in [3.8, 4) is 5.75 Å². The molecule has 1 aromatic carbocycles. The first kappa shape index (κ1) is 19.2. The summed E-state index contributed by atoms with van der Waals surface area (Å²) in [4.78, 5) is 3.25. The van der Waals surface area contributed by atoms with E-state index in [0.29, 0.717) is 0 Å². The Labute approximate surface area is 160 Å². The molecule has 3 rings (SSSR count). The zero-order chi connectivity index (χ0) is 18.6. The van der Waals surface area contributed by atoms with Crippen LogP contribution in [0.5, 0.6) is 5.75 Å². The molecule has 1 saturated carbocycles. The molecule has 1 aromatic heterocycles. The van der Waals surface area contributed by atoms with E-state index in [1.807, 2.05) is 24.3 Å². The highest BCUT2D eigenvalue weighted by Gasteiger charge is 2.43. The van der Waals surface area contributed by atoms with Crippen molar-refractivity contribution in [2.75, 3.05) is 27.7 Å². The Bertz CT molecular complexity index is 738. The molecule has 1 fully saturated rings. The van der Waals surface area contributed by atoms with E-state index in [9.17, 15) is 5.11 Å². The van der Waals surface area contributed by atoms with Gasteiger partial charge in [0.25, 0.3) is 0 Å². The third-order valence-corrected chi connectivity index (χ3v) is 6.24. The van der Waals surface area contributed by atoms with Gasteiger partial charge in [0.15, 0.2) is 0 Å². The highest BCUT2D eigenvalue weighted by molar-refractivity contribution is 7.10. The summed E-state index contributed by atoms with van der Waals surface area (Å²) < 4.78 is 5.37. The molecule has 4 heteroatoms. The number of thiophene rings is 1. The first-order valence-corrected chi connectivity index (χ1v) is 10.2. The predicted molar refractivity (Wildman–Crippen MR) is 110 cm³/mol. The molecule has 26 heavy (non-hydrogen) atoms. The topological polar surface area (TPSA) is 32.7 Å². The number of benzene rings is 1. The fourth-order valence-corrected chi connectivity index (χ4v) is 4.94. The average molecular weight is 372 g/mol. The molecule has 0 amide bonds. The lowest BCUT2D eigenvalue weighted by Crippen LogP contribution is -2.41. The van der Waals surface area contributed by atoms with Crippen molar-refractivity contribution in [3.05, 3.63) is 57.8 Å². The Kier molecular flexibility index (Phi) is 6.17. The van der Waals surface area contributed by atoms with Gasteiger partial charge in [-0.2, -0.15) is 0 Å². The maximum Gasteiger partial charge on any atom is 0.124 e. The Morgan fingerprint density at radius 2 is 2.12 bits per heavy atom. The van der Waals surface area contributed by atoms with Crippen molar-refractivity contribution in [1.29, 1.82) is 0 Å². The quantitative estimate of drug-likeness (QED) is 0.768. The van der Waals surface area contributed by atoms with Gasteiger partial charge in [-0.1, -0.05) is 30.7 Å². The lowest BCUT2D eigenvalue weighted by Gasteiger charge is -2.38. The van der Waals surface area contributed by atoms with E-state index in [1.165, 1.54) is 0 Å². The second kappa shape index (κ2) is 8.38. The molecule has 3 nitrogen and oxygen atoms in total. The van der Waals surface area contributed by atoms with Crippen LogP contribution in [0, 0.1) is 5.92 Å². The van der Waals surface area contributed by atoms with Crippen molar-refractivity contribution in [3.63, 3.8) is 0 Å². The zero-order valence-corrected chi connectivity index (χ0v) is 16.8. The third-order valence-electron chi connectivity index (χ3n) is 5.25. The number of hydrogen-bond acceptors (Lipinski definition) is 4. The monoisotopic (exact) mass is 371 g/mol. The van der Waals surface area contributed by atoms with Crippen LogP contribution >= 0.6 is 11.3 Å². The van der Waals surface area contributed by atoms with E-state index in [-0.39, 0.29) is 5.92 Å². The number of hydrogen-bond donors (Lipinski definition) is 1. The van der Waals surface area contributed by atoms with E-state index in [2.05, 4.69) is 42.6 Å². The van der Waals surface area contributed by atoms with Crippen LogP contribution in [0.4, 0.5) is 0 Å². The molecule has 0 spiro atoms. The minimum atomic E-state index is -0.905. The zero-order valence-electron chi connectivity index (χ0n) is 15.9. The second-order valence-electron chi connectivity index (χ2n) is 7.39. The molecule has 0 radical (unpaired) electrons. The van der Waals surface area contributed by atoms with Crippen LogP contribution < -0.4 is 4.74 Å². The minimum Gasteiger partial charge on any atom is -0.497 e. The van der Waals surface area contributed by atoms with Crippen LogP contribution in [0.3, 0.4) is 0 Å². The number of ether oxygens (including phenoxy) is 1. The van der Waals surface area contributed by atoms with E-state index in [1.54, 1.807) is 18.4 Å². The summed E-state index contributed by atoms with van der Waals surface area (Å²) in [7, 11) is 5.86. The molecule has 140 valence electrons. The fourth-order valence-electron chi connectivity index (χ4n) is 4.00. The highest BCUT2D eigenvalue weighted by Crippen LogP contribution is 2.46. The summed E-state index contributed by atoms with van der Waals surface area (Å²) in [5.41, 5.74) is 1.30. The third kappa shape index (κ3) is 4.03. The average Bonchev–Trinajstić information content (AvgIpc) is 3.13. The summed E-state index contributed by atoms with van der Waals surface area (Å²) in [6, 6.07) is 12.2. The smallest absolute Gasteiger partial charge is 0.124 e. The van der Waals surface area contributed by atoms with Gasteiger partial charge in [0, 0.05) is 17.3 Å². The van der Waals surface area contributed by atoms with Gasteiger partial charge in [0.05, 0.1) is 7.11 Å². The van der Waals surface area contributed by atoms with Crippen molar-refractivity contribution in [2.24, 2.45) is 5.92 Å². The van der Waals surface area contributed by atoms with Gasteiger partial charge in [-0.05, 0) is 68.1 Å². The Hall–Kier alpha value is -1.62. The lowest BCUT2D eigenvalue weighted by molar-refractivity contribution is 0.00369. The molecule has 0 aliphatic heterocycles. The predicted octanol–water partition coefficient (Wildman–Crippen LogP) is 4.78. The summed E-state index contributed by atoms with van der Waals surface area (Å²) in [5, 5.41) is 14.1. The molecule has 2 atom stereocenters. The van der Waals surface area contributed by atoms with Crippen molar-refractivity contribution in [2.45, 2.75) is 31.3 Å². The summed E-state index contributed by atoms with van der Waals surface area (Å²) >= 11 is 1.66. The standard InChI is InChI=1S/C22H29NO2S/c1-23(2)16-19-10-5-4-9-18(22(19,24)21-12-7-13-26-21)14-17-8-6-11-20(15-17)25-3/h6-8,11-15,19,24H,4-5,9-10,16H2,1-3H3. The summed E-state index contributed by atoms with van der Waals surface area (Å²) in [5.74, 6) is 1.04. The molecule has 2 unspecified atom stereocenters. The van der Waals surface area contributed by atoms with E-state index in [4.69, 9.17) is 4.74 Å². The Balaban J connectivity index is 2.08. The van der Waals surface area contributed by atoms with Crippen LogP contribution in [0.2, 0.25) is 0 Å². The molecule has 1 aliphatic carbocycles. The number of nitrogens with zero attached hydrogens (tertiary/aromatic N) is 1. The molecule has 1 heterocycles. The van der Waals surface area contributed by atoms with Gasteiger partial charge < -0.3 is 14.7 Å². The molecular weight excluding hydrogens is 342 g/mol. The molecule has 2 aromatic rings. The van der Waals surface area contributed by atoms with Crippen molar-refractivity contribution < 1.29 is 9.84 Å². The maximum atomic E-state index is 12.1. The lowest BCUT2D eigenvalue weighted by atomic mass is 9.77. The Morgan fingerprint density at radius 3 is 2.81 bits per heavy atom. The van der Waals surface area contributed by atoms with E-state index < -0.39 is 5.60 Å². The van der Waals surface area contributed by atoms with Gasteiger partial charge in [-0.3, -0.25) is 0 Å². The van der Waals surface area contributed by atoms with Crippen LogP contribution in [-0.4, -0.2) is 37.8 Å².